The molecule has 0 saturated heterocycles. The van der Waals surface area contributed by atoms with Crippen LogP contribution in [-0.2, 0) is 0 Å². The van der Waals surface area contributed by atoms with Crippen LogP contribution in [0.1, 0.15) is 19.8 Å². The van der Waals surface area contributed by atoms with Crippen molar-refractivity contribution < 1.29 is 4.92 Å². The first-order chi connectivity index (χ1) is 8.08. The van der Waals surface area contributed by atoms with Gasteiger partial charge in [0.15, 0.2) is 0 Å². The second kappa shape index (κ2) is 6.56. The van der Waals surface area contributed by atoms with Gasteiger partial charge >= 0.3 is 0 Å². The molecule has 1 aromatic carbocycles. The minimum absolute atomic E-state index is 0.0638. The molecular weight excluding hydrogens is 286 g/mol. The van der Waals surface area contributed by atoms with E-state index in [1.165, 1.54) is 6.07 Å². The van der Waals surface area contributed by atoms with Gasteiger partial charge in [0.25, 0.3) is 5.69 Å². The van der Waals surface area contributed by atoms with Crippen LogP contribution in [0.3, 0.4) is 0 Å². The number of hydrogen-bond acceptors (Lipinski definition) is 4. The molecule has 1 unspecified atom stereocenters. The number of nitrogens with one attached hydrogen (secondary N) is 1. The number of benzene rings is 1. The van der Waals surface area contributed by atoms with Crippen molar-refractivity contribution in [1.29, 1.82) is 0 Å². The molecule has 5 nitrogen and oxygen atoms in total. The lowest BCUT2D eigenvalue weighted by Crippen LogP contribution is -2.28. The van der Waals surface area contributed by atoms with Crippen LogP contribution in [0.15, 0.2) is 22.7 Å². The number of halogens is 1. The summed E-state index contributed by atoms with van der Waals surface area (Å²) in [6.45, 7) is 2.52. The Morgan fingerprint density at radius 2 is 2.29 bits per heavy atom. The largest absolute Gasteiger partial charge is 0.375 e. The first-order valence-corrected chi connectivity index (χ1v) is 6.28. The van der Waals surface area contributed by atoms with E-state index in [0.717, 1.165) is 12.8 Å². The van der Waals surface area contributed by atoms with Crippen LogP contribution < -0.4 is 11.1 Å². The minimum atomic E-state index is -0.396. The number of rotatable bonds is 6. The highest BCUT2D eigenvalue weighted by Gasteiger charge is 2.16. The second-order valence-corrected chi connectivity index (χ2v) is 4.70. The molecule has 0 fully saturated rings. The minimum Gasteiger partial charge on any atom is -0.375 e. The van der Waals surface area contributed by atoms with Gasteiger partial charge in [-0.05, 0) is 18.6 Å². The molecule has 0 aromatic heterocycles. The Morgan fingerprint density at radius 3 is 2.82 bits per heavy atom. The molecule has 0 heterocycles. The molecule has 1 atom stereocenters. The van der Waals surface area contributed by atoms with Crippen LogP contribution in [0.4, 0.5) is 11.4 Å². The molecule has 0 radical (unpaired) electrons. The van der Waals surface area contributed by atoms with Crippen molar-refractivity contribution in [3.8, 4) is 0 Å². The number of nitro benzene ring substituents is 1. The van der Waals surface area contributed by atoms with Crippen molar-refractivity contribution >= 4 is 27.3 Å². The maximum absolute atomic E-state index is 10.9. The Bertz CT molecular complexity index is 398. The fourth-order valence-electron chi connectivity index (χ4n) is 1.60. The number of nitro groups is 1. The summed E-state index contributed by atoms with van der Waals surface area (Å²) < 4.78 is 0.689. The van der Waals surface area contributed by atoms with Gasteiger partial charge < -0.3 is 11.1 Å². The lowest BCUT2D eigenvalue weighted by Gasteiger charge is -2.17. The van der Waals surface area contributed by atoms with Crippen molar-refractivity contribution in [2.45, 2.75) is 25.8 Å². The lowest BCUT2D eigenvalue weighted by molar-refractivity contribution is -0.384. The Hall–Kier alpha value is -1.14. The molecule has 1 aromatic rings. The van der Waals surface area contributed by atoms with E-state index in [2.05, 4.69) is 28.2 Å². The first-order valence-electron chi connectivity index (χ1n) is 5.49. The second-order valence-electron chi connectivity index (χ2n) is 3.78. The SMILES string of the molecule is CCCC(CN)Nc1ccc(Br)cc1[N+](=O)[O-]. The summed E-state index contributed by atoms with van der Waals surface area (Å²) >= 11 is 3.22. The van der Waals surface area contributed by atoms with Gasteiger partial charge in [-0.2, -0.15) is 0 Å². The Balaban J connectivity index is 2.92. The molecule has 0 aliphatic heterocycles. The zero-order valence-corrected chi connectivity index (χ0v) is 11.2. The molecule has 0 bridgehead atoms. The monoisotopic (exact) mass is 301 g/mol. The molecule has 0 saturated carbocycles. The zero-order chi connectivity index (χ0) is 12.8. The Kier molecular flexibility index (Phi) is 5.37. The van der Waals surface area contributed by atoms with E-state index in [1.807, 2.05) is 0 Å². The Labute approximate surface area is 109 Å². The van der Waals surface area contributed by atoms with E-state index >= 15 is 0 Å². The molecule has 0 amide bonds. The maximum Gasteiger partial charge on any atom is 0.293 e. The van der Waals surface area contributed by atoms with Crippen LogP contribution in [0, 0.1) is 10.1 Å². The molecule has 17 heavy (non-hydrogen) atoms. The third-order valence-corrected chi connectivity index (χ3v) is 2.93. The van der Waals surface area contributed by atoms with E-state index in [9.17, 15) is 10.1 Å². The average molecular weight is 302 g/mol. The van der Waals surface area contributed by atoms with Gasteiger partial charge in [0.1, 0.15) is 5.69 Å². The highest BCUT2D eigenvalue weighted by Crippen LogP contribution is 2.28. The maximum atomic E-state index is 10.9. The van der Waals surface area contributed by atoms with Crippen LogP contribution in [0.25, 0.3) is 0 Å². The van der Waals surface area contributed by atoms with Crippen LogP contribution in [0.2, 0.25) is 0 Å². The summed E-state index contributed by atoms with van der Waals surface area (Å²) in [7, 11) is 0. The number of nitrogens with zero attached hydrogens (tertiary/aromatic N) is 1. The smallest absolute Gasteiger partial charge is 0.293 e. The predicted molar refractivity (Wildman–Crippen MR) is 72.2 cm³/mol. The zero-order valence-electron chi connectivity index (χ0n) is 9.65. The van der Waals surface area contributed by atoms with Crippen LogP contribution >= 0.6 is 15.9 Å². The highest BCUT2D eigenvalue weighted by molar-refractivity contribution is 9.10. The average Bonchev–Trinajstić information content (AvgIpc) is 2.30. The molecule has 3 N–H and O–H groups in total. The summed E-state index contributed by atoms with van der Waals surface area (Å²) in [4.78, 5) is 10.5. The predicted octanol–water partition coefficient (Wildman–Crippen LogP) is 2.90. The van der Waals surface area contributed by atoms with Gasteiger partial charge in [-0.1, -0.05) is 29.3 Å². The summed E-state index contributed by atoms with van der Waals surface area (Å²) in [5.41, 5.74) is 6.20. The van der Waals surface area contributed by atoms with Gasteiger partial charge in [0, 0.05) is 23.1 Å². The summed E-state index contributed by atoms with van der Waals surface area (Å²) in [5, 5.41) is 14.0. The number of hydrogen-bond donors (Lipinski definition) is 2. The normalized spacial score (nSPS) is 12.2. The Morgan fingerprint density at radius 1 is 1.59 bits per heavy atom. The van der Waals surface area contributed by atoms with Crippen LogP contribution in [-0.4, -0.2) is 17.5 Å². The first kappa shape index (κ1) is 13.9. The van der Waals surface area contributed by atoms with Crippen molar-refractivity contribution in [2.24, 2.45) is 5.73 Å². The summed E-state index contributed by atoms with van der Waals surface area (Å²) in [5.74, 6) is 0. The number of anilines is 1. The third kappa shape index (κ3) is 3.98. The van der Waals surface area contributed by atoms with Gasteiger partial charge in [-0.15, -0.1) is 0 Å². The number of nitrogens with two attached hydrogens (primary N) is 1. The van der Waals surface area contributed by atoms with Crippen LogP contribution in [0.5, 0.6) is 0 Å². The molecule has 0 aliphatic carbocycles. The van der Waals surface area contributed by atoms with Crippen molar-refractivity contribution in [2.75, 3.05) is 11.9 Å². The quantitative estimate of drug-likeness (QED) is 0.625. The molecule has 0 aliphatic rings. The molecule has 6 heteroatoms. The van der Waals surface area contributed by atoms with Crippen molar-refractivity contribution in [3.05, 3.63) is 32.8 Å². The van der Waals surface area contributed by atoms with E-state index in [0.29, 0.717) is 16.7 Å². The summed E-state index contributed by atoms with van der Waals surface area (Å²) in [6.07, 6.45) is 1.88. The molecular formula is C11H16BrN3O2. The van der Waals surface area contributed by atoms with E-state index in [4.69, 9.17) is 5.73 Å². The fourth-order valence-corrected chi connectivity index (χ4v) is 1.94. The van der Waals surface area contributed by atoms with Gasteiger partial charge in [-0.3, -0.25) is 10.1 Å². The fraction of sp³-hybridized carbons (Fsp3) is 0.455. The van der Waals surface area contributed by atoms with E-state index in [-0.39, 0.29) is 11.7 Å². The van der Waals surface area contributed by atoms with E-state index in [1.54, 1.807) is 12.1 Å². The van der Waals surface area contributed by atoms with Crippen molar-refractivity contribution in [1.82, 2.24) is 0 Å². The van der Waals surface area contributed by atoms with Gasteiger partial charge in [0.05, 0.1) is 4.92 Å². The molecule has 1 rings (SSSR count). The topological polar surface area (TPSA) is 81.2 Å². The molecule has 0 spiro atoms. The highest BCUT2D eigenvalue weighted by atomic mass is 79.9. The van der Waals surface area contributed by atoms with Gasteiger partial charge in [0.2, 0.25) is 0 Å². The standard InChI is InChI=1S/C11H16BrN3O2/c1-2-3-9(7-13)14-10-5-4-8(12)6-11(10)15(16)17/h4-6,9,14H,2-3,7,13H2,1H3. The third-order valence-electron chi connectivity index (χ3n) is 2.44. The lowest BCUT2D eigenvalue weighted by atomic mass is 10.1. The van der Waals surface area contributed by atoms with Gasteiger partial charge in [-0.25, -0.2) is 0 Å². The summed E-state index contributed by atoms with van der Waals surface area (Å²) in [6, 6.07) is 5.02. The van der Waals surface area contributed by atoms with E-state index < -0.39 is 4.92 Å². The van der Waals surface area contributed by atoms with Crippen molar-refractivity contribution in [3.63, 3.8) is 0 Å². The molecule has 94 valence electrons.